The number of aliphatic hydroxyl groups is 1. The molecule has 0 aromatic rings. The number of amides is 2. The minimum atomic E-state index is -0.460. The van der Waals surface area contributed by atoms with Gasteiger partial charge in [0.1, 0.15) is 0 Å². The molecule has 2 N–H and O–H groups in total. The average Bonchev–Trinajstić information content (AvgIpc) is 2.38. The number of ether oxygens (including phenoxy) is 1. The molecule has 122 valence electrons. The van der Waals surface area contributed by atoms with Crippen LogP contribution >= 0.6 is 0 Å². The molecule has 0 aromatic carbocycles. The lowest BCUT2D eigenvalue weighted by atomic mass is 9.90. The number of rotatable bonds is 4. The van der Waals surface area contributed by atoms with E-state index in [1.54, 1.807) is 11.8 Å². The predicted octanol–water partition coefficient (Wildman–Crippen LogP) is 1.38. The Bertz CT molecular complexity index is 365. The summed E-state index contributed by atoms with van der Waals surface area (Å²) in [4.78, 5) is 25.6. The molecule has 1 fully saturated rings. The summed E-state index contributed by atoms with van der Waals surface area (Å²) >= 11 is 0. The van der Waals surface area contributed by atoms with Crippen molar-refractivity contribution in [2.24, 2.45) is 11.3 Å². The first-order chi connectivity index (χ1) is 9.77. The van der Waals surface area contributed by atoms with E-state index in [0.29, 0.717) is 26.1 Å². The van der Waals surface area contributed by atoms with Crippen LogP contribution in [0.25, 0.3) is 0 Å². The second-order valence-electron chi connectivity index (χ2n) is 6.64. The summed E-state index contributed by atoms with van der Waals surface area (Å²) in [5.41, 5.74) is -0.460. The lowest BCUT2D eigenvalue weighted by Crippen LogP contribution is -2.54. The molecule has 1 heterocycles. The normalized spacial score (nSPS) is 22.8. The molecular formula is C15H28N2O4. The van der Waals surface area contributed by atoms with E-state index in [9.17, 15) is 9.59 Å². The summed E-state index contributed by atoms with van der Waals surface area (Å²) in [5, 5.41) is 12.1. The van der Waals surface area contributed by atoms with E-state index in [1.807, 2.05) is 20.8 Å². The summed E-state index contributed by atoms with van der Waals surface area (Å²) < 4.78 is 5.04. The van der Waals surface area contributed by atoms with Crippen molar-refractivity contribution in [3.63, 3.8) is 0 Å². The fourth-order valence-electron chi connectivity index (χ4n) is 2.47. The lowest BCUT2D eigenvalue weighted by Gasteiger charge is -2.38. The maximum absolute atomic E-state index is 12.1. The van der Waals surface area contributed by atoms with Crippen molar-refractivity contribution < 1.29 is 19.4 Å². The third kappa shape index (κ3) is 5.53. The zero-order chi connectivity index (χ0) is 16.0. The highest BCUT2D eigenvalue weighted by Crippen LogP contribution is 2.22. The highest BCUT2D eigenvalue weighted by atomic mass is 16.6. The Labute approximate surface area is 126 Å². The summed E-state index contributed by atoms with van der Waals surface area (Å²) in [6, 6.07) is -0.0913. The van der Waals surface area contributed by atoms with Crippen LogP contribution in [0.4, 0.5) is 4.79 Å². The number of nitrogens with one attached hydrogen (secondary N) is 1. The van der Waals surface area contributed by atoms with Gasteiger partial charge in [0.05, 0.1) is 6.61 Å². The number of hydrogen-bond donors (Lipinski definition) is 2. The molecule has 2 amide bonds. The summed E-state index contributed by atoms with van der Waals surface area (Å²) in [5.74, 6) is 0.152. The zero-order valence-electron chi connectivity index (χ0n) is 13.5. The Balaban J connectivity index is 2.70. The van der Waals surface area contributed by atoms with Gasteiger partial charge in [0.2, 0.25) is 5.91 Å². The average molecular weight is 300 g/mol. The number of carbonyl (C=O) groups excluding carboxylic acids is 2. The highest BCUT2D eigenvalue weighted by Gasteiger charge is 2.33. The molecule has 6 heteroatoms. The topological polar surface area (TPSA) is 78.9 Å². The number of likely N-dealkylation sites (tertiary alicyclic amines) is 1. The molecular weight excluding hydrogens is 272 g/mol. The molecule has 0 spiro atoms. The maximum atomic E-state index is 12.1. The fraction of sp³-hybridized carbons (Fsp3) is 0.867. The van der Waals surface area contributed by atoms with Crippen LogP contribution in [0.5, 0.6) is 0 Å². The summed E-state index contributed by atoms with van der Waals surface area (Å²) in [6.45, 7) is 8.80. The van der Waals surface area contributed by atoms with Crippen LogP contribution in [0.1, 0.15) is 40.5 Å². The largest absolute Gasteiger partial charge is 0.450 e. The van der Waals surface area contributed by atoms with E-state index in [2.05, 4.69) is 5.32 Å². The fourth-order valence-corrected chi connectivity index (χ4v) is 2.47. The second kappa shape index (κ2) is 7.64. The van der Waals surface area contributed by atoms with E-state index < -0.39 is 5.41 Å². The van der Waals surface area contributed by atoms with Crippen molar-refractivity contribution in [1.29, 1.82) is 0 Å². The highest BCUT2D eigenvalue weighted by molar-refractivity contribution is 5.81. The van der Waals surface area contributed by atoms with Gasteiger partial charge in [0.15, 0.2) is 0 Å². The van der Waals surface area contributed by atoms with Crippen molar-refractivity contribution in [2.45, 2.75) is 46.6 Å². The number of carbonyl (C=O) groups is 2. The van der Waals surface area contributed by atoms with Crippen LogP contribution in [0.15, 0.2) is 0 Å². The van der Waals surface area contributed by atoms with Gasteiger partial charge in [-0.2, -0.15) is 0 Å². The minimum absolute atomic E-state index is 0.0269. The Morgan fingerprint density at radius 3 is 2.52 bits per heavy atom. The summed E-state index contributed by atoms with van der Waals surface area (Å²) in [7, 11) is 0. The van der Waals surface area contributed by atoms with Gasteiger partial charge in [0, 0.05) is 31.2 Å². The monoisotopic (exact) mass is 300 g/mol. The predicted molar refractivity (Wildman–Crippen MR) is 79.8 cm³/mol. The van der Waals surface area contributed by atoms with E-state index in [1.165, 1.54) is 0 Å². The zero-order valence-corrected chi connectivity index (χ0v) is 13.5. The SMILES string of the molecule is CCOC(=O)N1CC(CCO)CC(NC(=O)C(C)(C)C)C1. The van der Waals surface area contributed by atoms with Gasteiger partial charge < -0.3 is 20.1 Å². The number of hydrogen-bond acceptors (Lipinski definition) is 4. The van der Waals surface area contributed by atoms with E-state index in [-0.39, 0.29) is 30.6 Å². The summed E-state index contributed by atoms with van der Waals surface area (Å²) in [6.07, 6.45) is 1.05. The van der Waals surface area contributed by atoms with Crippen LogP contribution in [-0.4, -0.2) is 54.4 Å². The molecule has 0 radical (unpaired) electrons. The first kappa shape index (κ1) is 17.8. The molecule has 2 atom stereocenters. The third-order valence-corrected chi connectivity index (χ3v) is 3.62. The molecule has 0 saturated carbocycles. The van der Waals surface area contributed by atoms with Crippen molar-refractivity contribution in [1.82, 2.24) is 10.2 Å². The smallest absolute Gasteiger partial charge is 0.409 e. The lowest BCUT2D eigenvalue weighted by molar-refractivity contribution is -0.129. The van der Waals surface area contributed by atoms with E-state index in [4.69, 9.17) is 9.84 Å². The Morgan fingerprint density at radius 2 is 2.00 bits per heavy atom. The third-order valence-electron chi connectivity index (χ3n) is 3.62. The minimum Gasteiger partial charge on any atom is -0.450 e. The molecule has 0 bridgehead atoms. The van der Waals surface area contributed by atoms with Crippen molar-refractivity contribution in [2.75, 3.05) is 26.3 Å². The molecule has 2 unspecified atom stereocenters. The molecule has 0 aromatic heterocycles. The first-order valence-corrected chi connectivity index (χ1v) is 7.61. The van der Waals surface area contributed by atoms with Crippen molar-refractivity contribution in [3.8, 4) is 0 Å². The van der Waals surface area contributed by atoms with Gasteiger partial charge in [-0.05, 0) is 25.7 Å². The molecule has 1 saturated heterocycles. The maximum Gasteiger partial charge on any atom is 0.409 e. The second-order valence-corrected chi connectivity index (χ2v) is 6.64. The molecule has 6 nitrogen and oxygen atoms in total. The van der Waals surface area contributed by atoms with Crippen molar-refractivity contribution >= 4 is 12.0 Å². The van der Waals surface area contributed by atoms with Crippen LogP contribution in [0.2, 0.25) is 0 Å². The number of piperidine rings is 1. The van der Waals surface area contributed by atoms with Gasteiger partial charge in [-0.3, -0.25) is 4.79 Å². The number of aliphatic hydroxyl groups excluding tert-OH is 1. The Morgan fingerprint density at radius 1 is 1.33 bits per heavy atom. The van der Waals surface area contributed by atoms with Crippen molar-refractivity contribution in [3.05, 3.63) is 0 Å². The van der Waals surface area contributed by atoms with Crippen LogP contribution < -0.4 is 5.32 Å². The van der Waals surface area contributed by atoms with Gasteiger partial charge in [0.25, 0.3) is 0 Å². The Kier molecular flexibility index (Phi) is 6.45. The van der Waals surface area contributed by atoms with Crippen LogP contribution in [0, 0.1) is 11.3 Å². The molecule has 1 rings (SSSR count). The van der Waals surface area contributed by atoms with E-state index in [0.717, 1.165) is 6.42 Å². The van der Waals surface area contributed by atoms with Gasteiger partial charge in [-0.25, -0.2) is 4.79 Å². The standard InChI is InChI=1S/C15H28N2O4/c1-5-21-14(20)17-9-11(6-7-18)8-12(10-17)16-13(19)15(2,3)4/h11-12,18H,5-10H2,1-4H3,(H,16,19). The molecule has 0 aliphatic carbocycles. The van der Waals surface area contributed by atoms with Gasteiger partial charge >= 0.3 is 6.09 Å². The molecule has 1 aliphatic heterocycles. The number of nitrogens with zero attached hydrogens (tertiary/aromatic N) is 1. The molecule has 21 heavy (non-hydrogen) atoms. The van der Waals surface area contributed by atoms with Crippen LogP contribution in [-0.2, 0) is 9.53 Å². The quantitative estimate of drug-likeness (QED) is 0.822. The molecule has 1 aliphatic rings. The Hall–Kier alpha value is -1.30. The van der Waals surface area contributed by atoms with Gasteiger partial charge in [-0.1, -0.05) is 20.8 Å². The van der Waals surface area contributed by atoms with E-state index >= 15 is 0 Å². The van der Waals surface area contributed by atoms with Gasteiger partial charge in [-0.15, -0.1) is 0 Å². The van der Waals surface area contributed by atoms with Crippen LogP contribution in [0.3, 0.4) is 0 Å². The first-order valence-electron chi connectivity index (χ1n) is 7.61.